The molecule has 0 aliphatic heterocycles. The quantitative estimate of drug-likeness (QED) is 0.156. The first-order chi connectivity index (χ1) is 25.3. The van der Waals surface area contributed by atoms with Crippen LogP contribution in [0.4, 0.5) is 0 Å². The molecule has 3 aromatic heterocycles. The van der Waals surface area contributed by atoms with Gasteiger partial charge in [-0.15, -0.1) is 0 Å². The van der Waals surface area contributed by atoms with Gasteiger partial charge in [0, 0.05) is 6.20 Å². The molecular weight excluding hydrogens is 820 g/mol. The van der Waals surface area contributed by atoms with E-state index in [-0.39, 0.29) is 5.41 Å². The van der Waals surface area contributed by atoms with Gasteiger partial charge in [-0.1, -0.05) is 32.9 Å². The molecule has 0 bridgehead atoms. The molecular formula is C46H34N4OPt-2. The van der Waals surface area contributed by atoms with E-state index < -0.39 is 0 Å². The number of hydrogen-bond donors (Lipinski definition) is 0. The summed E-state index contributed by atoms with van der Waals surface area (Å²) in [6.07, 6.45) is 1.90. The third-order valence-corrected chi connectivity index (χ3v) is 10.5. The van der Waals surface area contributed by atoms with Crippen LogP contribution in [0.25, 0.3) is 61.2 Å². The predicted octanol–water partition coefficient (Wildman–Crippen LogP) is 11.3. The van der Waals surface area contributed by atoms with E-state index >= 15 is 0 Å². The van der Waals surface area contributed by atoms with E-state index in [1.165, 1.54) is 16.7 Å². The first-order valence-electron chi connectivity index (χ1n) is 17.3. The van der Waals surface area contributed by atoms with E-state index in [1.807, 2.05) is 30.5 Å². The fourth-order valence-electron chi connectivity index (χ4n) is 6.96. The van der Waals surface area contributed by atoms with Crippen molar-refractivity contribution in [2.75, 3.05) is 0 Å². The van der Waals surface area contributed by atoms with E-state index in [9.17, 15) is 0 Å². The summed E-state index contributed by atoms with van der Waals surface area (Å²) in [6, 6.07) is 57.7. The Hall–Kier alpha value is -5.77. The third kappa shape index (κ3) is 5.62. The molecule has 0 spiro atoms. The second-order valence-corrected chi connectivity index (χ2v) is 14.9. The fraction of sp³-hybridized carbons (Fsp3) is 0.0870. The minimum atomic E-state index is -0.0103. The zero-order valence-electron chi connectivity index (χ0n) is 28.9. The van der Waals surface area contributed by atoms with Crippen LogP contribution in [-0.4, -0.2) is 18.7 Å². The second-order valence-electron chi connectivity index (χ2n) is 13.9. The van der Waals surface area contributed by atoms with E-state index in [0.29, 0.717) is 11.5 Å². The van der Waals surface area contributed by atoms with E-state index in [1.54, 1.807) is 0 Å². The fourth-order valence-corrected chi connectivity index (χ4v) is 8.08. The van der Waals surface area contributed by atoms with Crippen LogP contribution < -0.4 is 4.74 Å². The number of aromatic nitrogens is 4. The van der Waals surface area contributed by atoms with Crippen molar-refractivity contribution in [3.8, 4) is 39.8 Å². The summed E-state index contributed by atoms with van der Waals surface area (Å²) in [7, 11) is 0. The van der Waals surface area contributed by atoms with Gasteiger partial charge < -0.3 is 0 Å². The number of fused-ring (bicyclic) bond motifs is 4. The van der Waals surface area contributed by atoms with Crippen LogP contribution in [0.15, 0.2) is 152 Å². The van der Waals surface area contributed by atoms with Crippen molar-refractivity contribution in [2.24, 2.45) is 0 Å². The molecule has 0 radical (unpaired) electrons. The Balaban J connectivity index is 1.13. The SMILES string of the molecule is CC(C)(C)c1ccnc(-n2c3[c-]c(Oc4[c-]c(-n5[c](=[Pt])n(-c6cccc(-c7ccccc7)c6)c6ccccc65)ccc4)ccc3c3ccccc32)c1. The number of para-hydroxylation sites is 3. The summed E-state index contributed by atoms with van der Waals surface area (Å²) < 4.78 is 14.3. The minimum absolute atomic E-state index is 0.0103. The molecule has 0 saturated heterocycles. The van der Waals surface area contributed by atoms with Crippen LogP contribution in [-0.2, 0) is 24.8 Å². The first-order valence-corrected chi connectivity index (χ1v) is 18.4. The van der Waals surface area contributed by atoms with Gasteiger partial charge in [0.05, 0.1) is 0 Å². The number of pyridine rings is 1. The zero-order valence-corrected chi connectivity index (χ0v) is 31.2. The van der Waals surface area contributed by atoms with Gasteiger partial charge in [0.25, 0.3) is 0 Å². The van der Waals surface area contributed by atoms with Crippen molar-refractivity contribution in [3.05, 3.63) is 173 Å². The summed E-state index contributed by atoms with van der Waals surface area (Å²) >= 11 is 2.42. The molecule has 0 saturated carbocycles. The molecule has 0 aliphatic carbocycles. The summed E-state index contributed by atoms with van der Waals surface area (Å²) in [5, 5.41) is 2.24. The van der Waals surface area contributed by atoms with Crippen molar-refractivity contribution >= 4 is 32.8 Å². The van der Waals surface area contributed by atoms with Crippen LogP contribution in [0, 0.1) is 15.9 Å². The summed E-state index contributed by atoms with van der Waals surface area (Å²) in [4.78, 5) is 4.82. The Morgan fingerprint density at radius 3 is 2.08 bits per heavy atom. The topological polar surface area (TPSA) is 36.9 Å². The molecule has 0 N–H and O–H groups in total. The van der Waals surface area contributed by atoms with Gasteiger partial charge >= 0.3 is 259 Å². The molecule has 6 aromatic carbocycles. The van der Waals surface area contributed by atoms with Crippen molar-refractivity contribution in [1.82, 2.24) is 18.7 Å². The number of hydrogen-bond acceptors (Lipinski definition) is 2. The van der Waals surface area contributed by atoms with Gasteiger partial charge in [0.15, 0.2) is 0 Å². The van der Waals surface area contributed by atoms with Gasteiger partial charge in [-0.2, -0.15) is 0 Å². The molecule has 0 fully saturated rings. The van der Waals surface area contributed by atoms with Gasteiger partial charge in [-0.3, -0.25) is 0 Å². The van der Waals surface area contributed by atoms with Crippen LogP contribution in [0.2, 0.25) is 0 Å². The normalized spacial score (nSPS) is 11.9. The molecule has 0 atom stereocenters. The van der Waals surface area contributed by atoms with E-state index in [0.717, 1.165) is 53.8 Å². The monoisotopic (exact) mass is 853 g/mol. The Morgan fingerprint density at radius 2 is 1.27 bits per heavy atom. The van der Waals surface area contributed by atoms with Gasteiger partial charge in [-0.05, 0) is 17.0 Å². The molecule has 6 heteroatoms. The first kappa shape index (κ1) is 32.2. The van der Waals surface area contributed by atoms with E-state index in [4.69, 9.17) is 9.72 Å². The molecule has 256 valence electrons. The Morgan fingerprint density at radius 1 is 0.577 bits per heavy atom. The molecule has 9 aromatic rings. The summed E-state index contributed by atoms with van der Waals surface area (Å²) in [6.45, 7) is 6.67. The number of imidazole rings is 1. The molecule has 0 unspecified atom stereocenters. The molecule has 0 amide bonds. The van der Waals surface area contributed by atoms with Crippen LogP contribution >= 0.6 is 0 Å². The number of rotatable bonds is 6. The number of benzene rings is 6. The third-order valence-electron chi connectivity index (χ3n) is 9.53. The van der Waals surface area contributed by atoms with Crippen molar-refractivity contribution < 1.29 is 24.1 Å². The average Bonchev–Trinajstić information content (AvgIpc) is 3.66. The van der Waals surface area contributed by atoms with Crippen molar-refractivity contribution in [1.29, 1.82) is 0 Å². The van der Waals surface area contributed by atoms with Crippen LogP contribution in [0.1, 0.15) is 26.3 Å². The summed E-state index contributed by atoms with van der Waals surface area (Å²) in [5.74, 6) is 2.07. The maximum absolute atomic E-state index is 6.55. The van der Waals surface area contributed by atoms with Gasteiger partial charge in [0.2, 0.25) is 0 Å². The molecule has 3 heterocycles. The Labute approximate surface area is 313 Å². The number of nitrogens with zero attached hydrogens (tertiary/aromatic N) is 4. The standard InChI is InChI=1S/C46H34N4O.Pt/c1-46(2,3)34-25-26-47-45(28-34)50-41-20-8-7-19-39(41)40-24-23-38(30-44(40)50)51-37-18-12-17-36(29-37)49-31-48(42-21-9-10-22-43(42)49)35-16-11-15-33(27-35)32-13-5-4-6-14-32;/h4-28H,1-3H3;/q-2;. The maximum atomic E-state index is 6.55. The van der Waals surface area contributed by atoms with Crippen molar-refractivity contribution in [2.45, 2.75) is 26.2 Å². The molecule has 0 aliphatic rings. The summed E-state index contributed by atoms with van der Waals surface area (Å²) in [5.41, 5.74) is 9.72. The van der Waals surface area contributed by atoms with Gasteiger partial charge in [-0.25, -0.2) is 0 Å². The molecule has 52 heavy (non-hydrogen) atoms. The Kier molecular flexibility index (Phi) is 7.90. The zero-order chi connectivity index (χ0) is 35.4. The Bertz CT molecular complexity index is 2840. The second kappa shape index (κ2) is 12.8. The van der Waals surface area contributed by atoms with E-state index in [2.05, 4.69) is 187 Å². The van der Waals surface area contributed by atoms with Gasteiger partial charge in [0.1, 0.15) is 0 Å². The van der Waals surface area contributed by atoms with Crippen molar-refractivity contribution in [3.63, 3.8) is 0 Å². The van der Waals surface area contributed by atoms with Crippen LogP contribution in [0.3, 0.4) is 0 Å². The predicted molar refractivity (Wildman–Crippen MR) is 206 cm³/mol. The molecule has 5 nitrogen and oxygen atoms in total. The number of ether oxygens (including phenoxy) is 1. The molecule has 9 rings (SSSR count). The van der Waals surface area contributed by atoms with Crippen LogP contribution in [0.5, 0.6) is 11.5 Å². The average molecular weight is 854 g/mol.